The van der Waals surface area contributed by atoms with Crippen LogP contribution in [0.1, 0.15) is 19.3 Å². The first-order chi connectivity index (χ1) is 7.29. The van der Waals surface area contributed by atoms with Crippen molar-refractivity contribution in [3.05, 3.63) is 23.4 Å². The first-order valence-corrected chi connectivity index (χ1v) is 5.75. The first kappa shape index (κ1) is 10.7. The molecule has 1 heterocycles. The number of pyridine rings is 1. The van der Waals surface area contributed by atoms with Gasteiger partial charge < -0.3 is 11.1 Å². The molecule has 4 heteroatoms. The zero-order valence-electron chi connectivity index (χ0n) is 8.62. The van der Waals surface area contributed by atoms with Crippen molar-refractivity contribution in [1.29, 1.82) is 0 Å². The van der Waals surface area contributed by atoms with Gasteiger partial charge >= 0.3 is 0 Å². The van der Waals surface area contributed by atoms with E-state index in [0.29, 0.717) is 17.0 Å². The molecule has 0 aliphatic heterocycles. The molecule has 0 amide bonds. The number of aromatic nitrogens is 1. The highest BCUT2D eigenvalue weighted by Gasteiger charge is 2.25. The van der Waals surface area contributed by atoms with Crippen molar-refractivity contribution in [2.75, 3.05) is 11.9 Å². The molecule has 1 aliphatic carbocycles. The summed E-state index contributed by atoms with van der Waals surface area (Å²) < 4.78 is 0. The third-order valence-corrected chi connectivity index (χ3v) is 3.25. The van der Waals surface area contributed by atoms with Gasteiger partial charge in [-0.25, -0.2) is 4.98 Å². The van der Waals surface area contributed by atoms with Crippen LogP contribution in [-0.2, 0) is 0 Å². The van der Waals surface area contributed by atoms with Crippen LogP contribution in [0, 0.1) is 5.92 Å². The number of hydrogen-bond acceptors (Lipinski definition) is 3. The van der Waals surface area contributed by atoms with Crippen LogP contribution in [0.5, 0.6) is 0 Å². The van der Waals surface area contributed by atoms with Crippen molar-refractivity contribution in [1.82, 2.24) is 4.98 Å². The Balaban J connectivity index is 1.99. The summed E-state index contributed by atoms with van der Waals surface area (Å²) >= 11 is 5.77. The summed E-state index contributed by atoms with van der Waals surface area (Å²) in [6, 6.07) is 4.24. The number of nitrogens with zero attached hydrogens (tertiary/aromatic N) is 1. The molecule has 0 saturated heterocycles. The highest BCUT2D eigenvalue weighted by atomic mass is 35.5. The summed E-state index contributed by atoms with van der Waals surface area (Å²) in [4.78, 5) is 4.23. The summed E-state index contributed by atoms with van der Waals surface area (Å²) in [5.41, 5.74) is 5.72. The quantitative estimate of drug-likeness (QED) is 0.830. The number of hydrogen-bond donors (Lipinski definition) is 2. The van der Waals surface area contributed by atoms with E-state index in [0.717, 1.165) is 12.4 Å². The fraction of sp³-hybridized carbons (Fsp3) is 0.545. The van der Waals surface area contributed by atoms with Crippen LogP contribution < -0.4 is 11.1 Å². The van der Waals surface area contributed by atoms with Crippen molar-refractivity contribution in [2.24, 2.45) is 11.7 Å². The smallest absolute Gasteiger partial charge is 0.126 e. The van der Waals surface area contributed by atoms with Crippen LogP contribution in [0.25, 0.3) is 0 Å². The Hall–Kier alpha value is -0.800. The van der Waals surface area contributed by atoms with Gasteiger partial charge in [-0.2, -0.15) is 0 Å². The van der Waals surface area contributed by atoms with E-state index < -0.39 is 0 Å². The highest BCUT2D eigenvalue weighted by Crippen LogP contribution is 2.27. The summed E-state index contributed by atoms with van der Waals surface area (Å²) in [6.07, 6.45) is 5.33. The van der Waals surface area contributed by atoms with Crippen molar-refractivity contribution >= 4 is 17.4 Å². The molecule has 2 unspecified atom stereocenters. The molecule has 0 spiro atoms. The number of halogens is 1. The largest absolute Gasteiger partial charge is 0.367 e. The van der Waals surface area contributed by atoms with Crippen LogP contribution in [0.15, 0.2) is 18.3 Å². The maximum Gasteiger partial charge on any atom is 0.126 e. The Morgan fingerprint density at radius 3 is 3.00 bits per heavy atom. The zero-order valence-corrected chi connectivity index (χ0v) is 9.37. The van der Waals surface area contributed by atoms with Crippen LogP contribution in [0.3, 0.4) is 0 Å². The molecule has 3 nitrogen and oxygen atoms in total. The molecule has 15 heavy (non-hydrogen) atoms. The van der Waals surface area contributed by atoms with Gasteiger partial charge in [0.05, 0.1) is 5.02 Å². The summed E-state index contributed by atoms with van der Waals surface area (Å²) in [5.74, 6) is 1.48. The van der Waals surface area contributed by atoms with Crippen molar-refractivity contribution < 1.29 is 0 Å². The minimum absolute atomic E-state index is 0.476. The maximum atomic E-state index is 5.77. The third kappa shape index (κ3) is 2.61. The molecule has 0 radical (unpaired) electrons. The van der Waals surface area contributed by atoms with Gasteiger partial charge in [-0.15, -0.1) is 0 Å². The fourth-order valence-electron chi connectivity index (χ4n) is 2.16. The standard InChI is InChI=1S/C11H16ClN3/c12-9-4-5-11(14-7-9)15-10-3-1-2-8(10)6-13/h4-5,7-8,10H,1-3,6,13H2,(H,14,15). The maximum absolute atomic E-state index is 5.77. The second kappa shape index (κ2) is 4.81. The van der Waals surface area contributed by atoms with E-state index in [1.54, 1.807) is 6.20 Å². The lowest BCUT2D eigenvalue weighted by Crippen LogP contribution is -2.29. The van der Waals surface area contributed by atoms with Crippen LogP contribution >= 0.6 is 11.6 Å². The van der Waals surface area contributed by atoms with E-state index in [-0.39, 0.29) is 0 Å². The molecule has 1 saturated carbocycles. The fourth-order valence-corrected chi connectivity index (χ4v) is 2.27. The van der Waals surface area contributed by atoms with E-state index in [2.05, 4.69) is 10.3 Å². The lowest BCUT2D eigenvalue weighted by Gasteiger charge is -2.19. The molecule has 1 aliphatic rings. The van der Waals surface area contributed by atoms with Gasteiger partial charge in [-0.05, 0) is 37.4 Å². The summed E-state index contributed by atoms with van der Waals surface area (Å²) in [6.45, 7) is 0.755. The normalized spacial score (nSPS) is 25.5. The van der Waals surface area contributed by atoms with Crippen molar-refractivity contribution in [3.8, 4) is 0 Å². The molecule has 82 valence electrons. The van der Waals surface area contributed by atoms with E-state index >= 15 is 0 Å². The number of nitrogens with two attached hydrogens (primary N) is 1. The molecule has 0 aromatic carbocycles. The van der Waals surface area contributed by atoms with Crippen LogP contribution in [0.4, 0.5) is 5.82 Å². The summed E-state index contributed by atoms with van der Waals surface area (Å²) in [5, 5.41) is 4.09. The number of rotatable bonds is 3. The SMILES string of the molecule is NCC1CCCC1Nc1ccc(Cl)cn1. The van der Waals surface area contributed by atoms with Gasteiger partial charge in [0, 0.05) is 12.2 Å². The van der Waals surface area contributed by atoms with Gasteiger partial charge in [0.1, 0.15) is 5.82 Å². The lowest BCUT2D eigenvalue weighted by atomic mass is 10.0. The Labute approximate surface area is 95.0 Å². The van der Waals surface area contributed by atoms with Crippen LogP contribution in [0.2, 0.25) is 5.02 Å². The molecule has 2 rings (SSSR count). The Morgan fingerprint density at radius 2 is 2.33 bits per heavy atom. The molecule has 3 N–H and O–H groups in total. The van der Waals surface area contributed by atoms with Crippen molar-refractivity contribution in [2.45, 2.75) is 25.3 Å². The Kier molecular flexibility index (Phi) is 3.44. The molecule has 2 atom stereocenters. The van der Waals surface area contributed by atoms with Gasteiger partial charge in [0.2, 0.25) is 0 Å². The molecule has 1 aromatic rings. The number of anilines is 1. The topological polar surface area (TPSA) is 50.9 Å². The molecule has 0 bridgehead atoms. The second-order valence-electron chi connectivity index (χ2n) is 4.04. The molecular weight excluding hydrogens is 210 g/mol. The summed E-state index contributed by atoms with van der Waals surface area (Å²) in [7, 11) is 0. The molecule has 1 fully saturated rings. The molecular formula is C11H16ClN3. The average Bonchev–Trinajstić information content (AvgIpc) is 2.69. The van der Waals surface area contributed by atoms with E-state index in [9.17, 15) is 0 Å². The Bertz CT molecular complexity index is 312. The van der Waals surface area contributed by atoms with Gasteiger partial charge in [-0.1, -0.05) is 18.0 Å². The monoisotopic (exact) mass is 225 g/mol. The predicted molar refractivity (Wildman–Crippen MR) is 63.1 cm³/mol. The highest BCUT2D eigenvalue weighted by molar-refractivity contribution is 6.30. The number of nitrogens with one attached hydrogen (secondary N) is 1. The van der Waals surface area contributed by atoms with Gasteiger partial charge in [-0.3, -0.25) is 0 Å². The minimum atomic E-state index is 0.476. The van der Waals surface area contributed by atoms with Crippen molar-refractivity contribution in [3.63, 3.8) is 0 Å². The van der Waals surface area contributed by atoms with Gasteiger partial charge in [0.15, 0.2) is 0 Å². The van der Waals surface area contributed by atoms with E-state index in [4.69, 9.17) is 17.3 Å². The predicted octanol–water partition coefficient (Wildman–Crippen LogP) is 2.27. The van der Waals surface area contributed by atoms with E-state index in [1.165, 1.54) is 19.3 Å². The van der Waals surface area contributed by atoms with Gasteiger partial charge in [0.25, 0.3) is 0 Å². The lowest BCUT2D eigenvalue weighted by molar-refractivity contribution is 0.515. The first-order valence-electron chi connectivity index (χ1n) is 5.38. The molecule has 1 aromatic heterocycles. The zero-order chi connectivity index (χ0) is 10.7. The second-order valence-corrected chi connectivity index (χ2v) is 4.48. The van der Waals surface area contributed by atoms with E-state index in [1.807, 2.05) is 12.1 Å². The van der Waals surface area contributed by atoms with Crippen LogP contribution in [-0.4, -0.2) is 17.6 Å². The average molecular weight is 226 g/mol. The Morgan fingerprint density at radius 1 is 1.47 bits per heavy atom. The third-order valence-electron chi connectivity index (χ3n) is 3.02. The minimum Gasteiger partial charge on any atom is -0.367 e.